The minimum atomic E-state index is -0.902. The van der Waals surface area contributed by atoms with E-state index in [4.69, 9.17) is 4.74 Å². The largest absolute Gasteiger partial charge is 0.382 e. The maximum Gasteiger partial charge on any atom is 0.125 e. The minimum absolute atomic E-state index is 0.148. The van der Waals surface area contributed by atoms with Crippen molar-refractivity contribution in [3.63, 3.8) is 0 Å². The zero-order valence-electron chi connectivity index (χ0n) is 15.3. The van der Waals surface area contributed by atoms with E-state index in [0.29, 0.717) is 12.8 Å². The second kappa shape index (κ2) is 7.26. The molecular weight excluding hydrogens is 368 g/mol. The Morgan fingerprint density at radius 2 is 1.69 bits per heavy atom. The maximum absolute atomic E-state index is 11.2. The summed E-state index contributed by atoms with van der Waals surface area (Å²) in [4.78, 5) is 13.5. The molecule has 8 heteroatoms. The summed E-state index contributed by atoms with van der Waals surface area (Å²) in [6, 6.07) is 0. The van der Waals surface area contributed by atoms with Crippen molar-refractivity contribution in [1.82, 2.24) is 19.8 Å². The van der Waals surface area contributed by atoms with Crippen molar-refractivity contribution in [2.24, 2.45) is 0 Å². The Balaban J connectivity index is 1.58. The highest BCUT2D eigenvalue weighted by atomic mass is 32.1. The number of likely N-dealkylation sites (tertiary alicyclic amines) is 2. The zero-order valence-corrected chi connectivity index (χ0v) is 16.9. The van der Waals surface area contributed by atoms with Crippen molar-refractivity contribution in [2.75, 3.05) is 33.7 Å². The number of piperidine rings is 2. The number of thiazole rings is 2. The van der Waals surface area contributed by atoms with Gasteiger partial charge in [-0.25, -0.2) is 9.97 Å². The predicted molar refractivity (Wildman–Crippen MR) is 103 cm³/mol. The van der Waals surface area contributed by atoms with Gasteiger partial charge >= 0.3 is 0 Å². The molecule has 0 saturated carbocycles. The molecule has 0 aliphatic carbocycles. The van der Waals surface area contributed by atoms with E-state index in [1.54, 1.807) is 17.5 Å². The van der Waals surface area contributed by atoms with Crippen LogP contribution in [0, 0.1) is 0 Å². The molecule has 0 aromatic carbocycles. The molecule has 2 fully saturated rings. The van der Waals surface area contributed by atoms with E-state index < -0.39 is 5.60 Å². The summed E-state index contributed by atoms with van der Waals surface area (Å²) in [5, 5.41) is 17.0. The molecule has 0 spiro atoms. The van der Waals surface area contributed by atoms with E-state index >= 15 is 0 Å². The molecule has 1 N–H and O–H groups in total. The number of hydrogen-bond donors (Lipinski definition) is 1. The Morgan fingerprint density at radius 3 is 2.31 bits per heavy atom. The van der Waals surface area contributed by atoms with Crippen LogP contribution < -0.4 is 0 Å². The molecule has 2 aliphatic heterocycles. The molecule has 2 aliphatic rings. The second-order valence-electron chi connectivity index (χ2n) is 7.51. The van der Waals surface area contributed by atoms with Gasteiger partial charge in [0.1, 0.15) is 27.4 Å². The van der Waals surface area contributed by atoms with Crippen LogP contribution in [0.2, 0.25) is 0 Å². The lowest BCUT2D eigenvalue weighted by Gasteiger charge is -2.47. The lowest BCUT2D eigenvalue weighted by Crippen LogP contribution is -2.53. The van der Waals surface area contributed by atoms with E-state index in [1.165, 1.54) is 11.3 Å². The van der Waals surface area contributed by atoms with E-state index in [9.17, 15) is 5.11 Å². The summed E-state index contributed by atoms with van der Waals surface area (Å²) >= 11 is 3.19. The van der Waals surface area contributed by atoms with Crippen LogP contribution in [0.1, 0.15) is 35.7 Å². The topological polar surface area (TPSA) is 61.7 Å². The number of rotatable bonds is 4. The van der Waals surface area contributed by atoms with E-state index in [-0.39, 0.29) is 11.8 Å². The number of hydrogen-bond acceptors (Lipinski definition) is 8. The van der Waals surface area contributed by atoms with Crippen molar-refractivity contribution in [3.05, 3.63) is 33.2 Å². The molecule has 2 saturated heterocycles. The third-order valence-electron chi connectivity index (χ3n) is 5.69. The Morgan fingerprint density at radius 1 is 1.04 bits per heavy atom. The standard InChI is InChI=1S/C18H26N4O2S2/c1-21-8-4-18(5-9-21,16-20-7-12-26-16)24-14-13-17(23,3-10-22(14)2)15-19-6-11-25-15/h6-7,11-12,14,23H,3-5,8-10,13H2,1-2H3. The highest BCUT2D eigenvalue weighted by molar-refractivity contribution is 7.09. The molecule has 2 aromatic heterocycles. The van der Waals surface area contributed by atoms with Crippen molar-refractivity contribution in [3.8, 4) is 0 Å². The van der Waals surface area contributed by atoms with Gasteiger partial charge in [0.05, 0.1) is 0 Å². The van der Waals surface area contributed by atoms with Gasteiger partial charge in [0.15, 0.2) is 0 Å². The van der Waals surface area contributed by atoms with E-state index in [1.807, 2.05) is 17.0 Å². The summed E-state index contributed by atoms with van der Waals surface area (Å²) in [6.07, 6.45) is 6.56. The van der Waals surface area contributed by atoms with Crippen LogP contribution >= 0.6 is 22.7 Å². The van der Waals surface area contributed by atoms with Gasteiger partial charge in [0, 0.05) is 49.2 Å². The van der Waals surface area contributed by atoms with Gasteiger partial charge in [0.25, 0.3) is 0 Å². The SMILES string of the molecule is CN1CCC(OC2CC(O)(c3nccs3)CCN2C)(c2nccs2)CC1. The van der Waals surface area contributed by atoms with Crippen molar-refractivity contribution >= 4 is 22.7 Å². The van der Waals surface area contributed by atoms with Gasteiger partial charge in [-0.2, -0.15) is 0 Å². The summed E-state index contributed by atoms with van der Waals surface area (Å²) in [5.41, 5.74) is -1.26. The van der Waals surface area contributed by atoms with Crippen LogP contribution in [0.15, 0.2) is 23.2 Å². The number of nitrogens with zero attached hydrogens (tertiary/aromatic N) is 4. The molecule has 2 atom stereocenters. The molecule has 2 unspecified atom stereocenters. The Hall–Kier alpha value is -0.900. The summed E-state index contributed by atoms with van der Waals surface area (Å²) in [5.74, 6) is 0. The highest BCUT2D eigenvalue weighted by Gasteiger charge is 2.46. The van der Waals surface area contributed by atoms with Crippen LogP contribution in [0.4, 0.5) is 0 Å². The van der Waals surface area contributed by atoms with Crippen molar-refractivity contribution in [2.45, 2.75) is 43.1 Å². The first kappa shape index (κ1) is 18.5. The summed E-state index contributed by atoms with van der Waals surface area (Å²) in [7, 11) is 4.23. The van der Waals surface area contributed by atoms with E-state index in [2.05, 4.69) is 33.9 Å². The normalized spacial score (nSPS) is 30.5. The van der Waals surface area contributed by atoms with Crippen LogP contribution in [-0.4, -0.2) is 64.8 Å². The fraction of sp³-hybridized carbons (Fsp3) is 0.667. The fourth-order valence-electron chi connectivity index (χ4n) is 3.90. The summed E-state index contributed by atoms with van der Waals surface area (Å²) < 4.78 is 6.78. The first-order chi connectivity index (χ1) is 12.5. The lowest BCUT2D eigenvalue weighted by molar-refractivity contribution is -0.213. The van der Waals surface area contributed by atoms with Gasteiger partial charge in [-0.15, -0.1) is 22.7 Å². The first-order valence-electron chi connectivity index (χ1n) is 9.10. The van der Waals surface area contributed by atoms with Crippen LogP contribution in [0.25, 0.3) is 0 Å². The third-order valence-corrected chi connectivity index (χ3v) is 7.62. The molecule has 0 radical (unpaired) electrons. The van der Waals surface area contributed by atoms with Gasteiger partial charge in [-0.1, -0.05) is 0 Å². The first-order valence-corrected chi connectivity index (χ1v) is 10.9. The molecular formula is C18H26N4O2S2. The highest BCUT2D eigenvalue weighted by Crippen LogP contribution is 2.43. The molecule has 142 valence electrons. The number of ether oxygens (including phenoxy) is 1. The molecule has 4 heterocycles. The molecule has 26 heavy (non-hydrogen) atoms. The minimum Gasteiger partial charge on any atom is -0.382 e. The maximum atomic E-state index is 11.2. The Kier molecular flexibility index (Phi) is 5.15. The average Bonchev–Trinajstić information content (AvgIpc) is 3.34. The van der Waals surface area contributed by atoms with Crippen LogP contribution in [-0.2, 0) is 15.9 Å². The summed E-state index contributed by atoms with van der Waals surface area (Å²) in [6.45, 7) is 2.77. The Labute approximate surface area is 162 Å². The second-order valence-corrected chi connectivity index (χ2v) is 9.30. The lowest BCUT2D eigenvalue weighted by atomic mass is 9.88. The van der Waals surface area contributed by atoms with Gasteiger partial charge in [0.2, 0.25) is 0 Å². The van der Waals surface area contributed by atoms with Crippen LogP contribution in [0.5, 0.6) is 0 Å². The van der Waals surface area contributed by atoms with Crippen molar-refractivity contribution < 1.29 is 9.84 Å². The quantitative estimate of drug-likeness (QED) is 0.860. The molecule has 2 aromatic rings. The molecule has 0 amide bonds. The monoisotopic (exact) mass is 394 g/mol. The number of aliphatic hydroxyl groups is 1. The van der Waals surface area contributed by atoms with Crippen molar-refractivity contribution in [1.29, 1.82) is 0 Å². The van der Waals surface area contributed by atoms with Gasteiger partial charge in [-0.05, 0) is 33.4 Å². The fourth-order valence-corrected chi connectivity index (χ4v) is 5.52. The van der Waals surface area contributed by atoms with Crippen LogP contribution in [0.3, 0.4) is 0 Å². The van der Waals surface area contributed by atoms with Gasteiger partial charge in [-0.3, -0.25) is 4.90 Å². The van der Waals surface area contributed by atoms with E-state index in [0.717, 1.165) is 42.5 Å². The third kappa shape index (κ3) is 3.46. The Bertz CT molecular complexity index is 701. The number of aromatic nitrogens is 2. The molecule has 0 bridgehead atoms. The predicted octanol–water partition coefficient (Wildman–Crippen LogP) is 2.48. The molecule has 6 nitrogen and oxygen atoms in total. The zero-order chi connectivity index (χ0) is 18.2. The van der Waals surface area contributed by atoms with Gasteiger partial charge < -0.3 is 14.7 Å². The average molecular weight is 395 g/mol. The smallest absolute Gasteiger partial charge is 0.125 e. The molecule has 4 rings (SSSR count).